The summed E-state index contributed by atoms with van der Waals surface area (Å²) in [7, 11) is 0. The fraction of sp³-hybridized carbons (Fsp3) is 0.0714. The van der Waals surface area contributed by atoms with Crippen LogP contribution in [0.25, 0.3) is 0 Å². The third kappa shape index (κ3) is 3.92. The Bertz CT molecular complexity index is 671. The van der Waals surface area contributed by atoms with Gasteiger partial charge in [-0.05, 0) is 42.5 Å². The number of hydrogen-bond acceptors (Lipinski definition) is 2. The Morgan fingerprint density at radius 1 is 1.10 bits per heavy atom. The molecule has 0 fully saturated rings. The molecule has 110 valence electrons. The summed E-state index contributed by atoms with van der Waals surface area (Å²) in [5, 5.41) is 2.39. The molecular formula is C14H9ClF3NOS. The quantitative estimate of drug-likeness (QED) is 0.753. The Morgan fingerprint density at radius 2 is 1.71 bits per heavy atom. The van der Waals surface area contributed by atoms with Crippen LogP contribution in [0.3, 0.4) is 0 Å². The molecule has 0 heterocycles. The second kappa shape index (κ2) is 5.99. The maximum absolute atomic E-state index is 12.6. The number of carbonyl (C=O) groups is 1. The van der Waals surface area contributed by atoms with Crippen LogP contribution in [0.4, 0.5) is 18.9 Å². The van der Waals surface area contributed by atoms with Gasteiger partial charge in [-0.25, -0.2) is 0 Å². The van der Waals surface area contributed by atoms with E-state index in [2.05, 4.69) is 17.9 Å². The number of thiol groups is 1. The monoisotopic (exact) mass is 331 g/mol. The van der Waals surface area contributed by atoms with Gasteiger partial charge in [-0.1, -0.05) is 11.6 Å². The zero-order valence-electron chi connectivity index (χ0n) is 10.4. The van der Waals surface area contributed by atoms with Crippen LogP contribution in [-0.2, 0) is 6.18 Å². The van der Waals surface area contributed by atoms with Crippen molar-refractivity contribution < 1.29 is 18.0 Å². The van der Waals surface area contributed by atoms with Gasteiger partial charge in [0.15, 0.2) is 0 Å². The van der Waals surface area contributed by atoms with Crippen molar-refractivity contribution in [2.45, 2.75) is 11.1 Å². The van der Waals surface area contributed by atoms with Gasteiger partial charge < -0.3 is 5.32 Å². The highest BCUT2D eigenvalue weighted by Gasteiger charge is 2.31. The minimum Gasteiger partial charge on any atom is -0.321 e. The average Bonchev–Trinajstić information content (AvgIpc) is 2.40. The zero-order valence-corrected chi connectivity index (χ0v) is 12.1. The molecule has 0 radical (unpaired) electrons. The summed E-state index contributed by atoms with van der Waals surface area (Å²) in [4.78, 5) is 12.6. The van der Waals surface area contributed by atoms with Crippen LogP contribution in [0.1, 0.15) is 15.9 Å². The maximum atomic E-state index is 12.6. The van der Waals surface area contributed by atoms with Gasteiger partial charge in [-0.2, -0.15) is 13.2 Å². The fourth-order valence-electron chi connectivity index (χ4n) is 1.60. The summed E-state index contributed by atoms with van der Waals surface area (Å²) in [5.41, 5.74) is -0.680. The predicted molar refractivity (Wildman–Crippen MR) is 78.1 cm³/mol. The average molecular weight is 332 g/mol. The van der Waals surface area contributed by atoms with Crippen molar-refractivity contribution in [3.05, 3.63) is 58.6 Å². The van der Waals surface area contributed by atoms with Gasteiger partial charge in [0.1, 0.15) is 0 Å². The lowest BCUT2D eigenvalue weighted by Gasteiger charge is -2.11. The van der Waals surface area contributed by atoms with Gasteiger partial charge in [0.05, 0.1) is 16.3 Å². The van der Waals surface area contributed by atoms with Crippen molar-refractivity contribution in [1.29, 1.82) is 0 Å². The number of nitrogens with one attached hydrogen (secondary N) is 1. The Labute approximate surface area is 129 Å². The molecule has 21 heavy (non-hydrogen) atoms. The third-order valence-corrected chi connectivity index (χ3v) is 3.30. The molecule has 2 aromatic carbocycles. The van der Waals surface area contributed by atoms with Gasteiger partial charge >= 0.3 is 6.18 Å². The first-order chi connectivity index (χ1) is 9.77. The number of anilines is 1. The number of amides is 1. The van der Waals surface area contributed by atoms with Crippen LogP contribution < -0.4 is 5.32 Å². The Balaban J connectivity index is 2.26. The van der Waals surface area contributed by atoms with Crippen LogP contribution in [0.2, 0.25) is 5.02 Å². The van der Waals surface area contributed by atoms with E-state index in [1.54, 1.807) is 12.1 Å². The van der Waals surface area contributed by atoms with Crippen molar-refractivity contribution in [1.82, 2.24) is 0 Å². The molecule has 0 aliphatic heterocycles. The summed E-state index contributed by atoms with van der Waals surface area (Å²) in [6.07, 6.45) is -4.50. The summed E-state index contributed by atoms with van der Waals surface area (Å²) < 4.78 is 37.9. The molecule has 2 rings (SSSR count). The Hall–Kier alpha value is -1.66. The molecule has 0 spiro atoms. The highest BCUT2D eigenvalue weighted by atomic mass is 35.5. The first-order valence-electron chi connectivity index (χ1n) is 5.74. The van der Waals surface area contributed by atoms with E-state index in [1.807, 2.05) is 0 Å². The van der Waals surface area contributed by atoms with Crippen molar-refractivity contribution >= 4 is 35.8 Å². The molecule has 0 saturated carbocycles. The molecule has 0 saturated heterocycles. The minimum absolute atomic E-state index is 0.0298. The van der Waals surface area contributed by atoms with E-state index in [9.17, 15) is 18.0 Å². The van der Waals surface area contributed by atoms with Crippen LogP contribution in [-0.4, -0.2) is 5.91 Å². The largest absolute Gasteiger partial charge is 0.416 e. The lowest BCUT2D eigenvalue weighted by Crippen LogP contribution is -2.13. The number of halogens is 4. The lowest BCUT2D eigenvalue weighted by molar-refractivity contribution is -0.137. The number of alkyl halides is 3. The first-order valence-corrected chi connectivity index (χ1v) is 6.57. The molecule has 0 bridgehead atoms. The number of benzene rings is 2. The number of rotatable bonds is 2. The number of carbonyl (C=O) groups excluding carboxylic acids is 1. The Kier molecular flexibility index (Phi) is 4.49. The van der Waals surface area contributed by atoms with Gasteiger partial charge in [0.2, 0.25) is 0 Å². The molecule has 0 atom stereocenters. The van der Waals surface area contributed by atoms with Crippen molar-refractivity contribution in [2.75, 3.05) is 5.32 Å². The van der Waals surface area contributed by atoms with E-state index in [4.69, 9.17) is 11.6 Å². The summed E-state index contributed by atoms with van der Waals surface area (Å²) >= 11 is 9.89. The van der Waals surface area contributed by atoms with Crippen molar-refractivity contribution in [3.8, 4) is 0 Å². The van der Waals surface area contributed by atoms with Crippen molar-refractivity contribution in [2.24, 2.45) is 0 Å². The van der Waals surface area contributed by atoms with Gasteiger partial charge in [-0.15, -0.1) is 12.6 Å². The Morgan fingerprint density at radius 3 is 2.29 bits per heavy atom. The van der Waals surface area contributed by atoms with E-state index >= 15 is 0 Å². The molecule has 2 nitrogen and oxygen atoms in total. The van der Waals surface area contributed by atoms with Gasteiger partial charge in [-0.3, -0.25) is 4.79 Å². The third-order valence-electron chi connectivity index (χ3n) is 2.67. The second-order valence-electron chi connectivity index (χ2n) is 4.19. The minimum atomic E-state index is -4.50. The van der Waals surface area contributed by atoms with Gasteiger partial charge in [0, 0.05) is 10.5 Å². The maximum Gasteiger partial charge on any atom is 0.416 e. The second-order valence-corrected chi connectivity index (χ2v) is 5.12. The molecule has 1 N–H and O–H groups in total. The number of hydrogen-bond donors (Lipinski definition) is 2. The van der Waals surface area contributed by atoms with Crippen LogP contribution in [0.5, 0.6) is 0 Å². The SMILES string of the molecule is O=C(Nc1cc(C(F)(F)F)ccc1Cl)c1ccc(S)cc1. The fourth-order valence-corrected chi connectivity index (χ4v) is 1.92. The smallest absolute Gasteiger partial charge is 0.321 e. The molecule has 0 aliphatic carbocycles. The van der Waals surface area contributed by atoms with Crippen LogP contribution >= 0.6 is 24.2 Å². The van der Waals surface area contributed by atoms with Crippen LogP contribution in [0, 0.1) is 0 Å². The molecule has 0 unspecified atom stereocenters. The highest BCUT2D eigenvalue weighted by molar-refractivity contribution is 7.80. The summed E-state index contributed by atoms with van der Waals surface area (Å²) in [5.74, 6) is -0.551. The van der Waals surface area contributed by atoms with E-state index in [0.717, 1.165) is 18.2 Å². The first kappa shape index (κ1) is 15.7. The predicted octanol–water partition coefficient (Wildman–Crippen LogP) is 4.90. The zero-order chi connectivity index (χ0) is 15.6. The highest BCUT2D eigenvalue weighted by Crippen LogP contribution is 2.33. The normalized spacial score (nSPS) is 11.3. The molecule has 0 aliphatic rings. The molecule has 1 amide bonds. The molecule has 2 aromatic rings. The van der Waals surface area contributed by atoms with E-state index in [0.29, 0.717) is 10.5 Å². The van der Waals surface area contributed by atoms with E-state index < -0.39 is 17.6 Å². The van der Waals surface area contributed by atoms with Crippen molar-refractivity contribution in [3.63, 3.8) is 0 Å². The van der Waals surface area contributed by atoms with E-state index in [-0.39, 0.29) is 10.7 Å². The van der Waals surface area contributed by atoms with Crippen LogP contribution in [0.15, 0.2) is 47.4 Å². The summed E-state index contributed by atoms with van der Waals surface area (Å²) in [6, 6.07) is 8.98. The lowest BCUT2D eigenvalue weighted by atomic mass is 10.1. The van der Waals surface area contributed by atoms with Gasteiger partial charge in [0.25, 0.3) is 5.91 Å². The molecular weight excluding hydrogens is 323 g/mol. The summed E-state index contributed by atoms with van der Waals surface area (Å²) in [6.45, 7) is 0. The standard InChI is InChI=1S/C14H9ClF3NOS/c15-11-6-3-9(14(16,17)18)7-12(11)19-13(20)8-1-4-10(21)5-2-8/h1-7,21H,(H,19,20). The molecule has 7 heteroatoms. The van der Waals surface area contributed by atoms with E-state index in [1.165, 1.54) is 12.1 Å². The molecule has 0 aromatic heterocycles. The topological polar surface area (TPSA) is 29.1 Å².